The number of nitrogens with two attached hydrogens (primary N) is 1. The van der Waals surface area contributed by atoms with Crippen LogP contribution in [0.5, 0.6) is 0 Å². The first-order valence-corrected chi connectivity index (χ1v) is 8.15. The highest BCUT2D eigenvalue weighted by Crippen LogP contribution is 2.14. The van der Waals surface area contributed by atoms with E-state index >= 15 is 0 Å². The van der Waals surface area contributed by atoms with Crippen molar-refractivity contribution in [3.8, 4) is 6.07 Å². The number of carbonyl (C=O) groups is 1. The fourth-order valence-corrected chi connectivity index (χ4v) is 2.40. The molecule has 128 valence electrons. The van der Waals surface area contributed by atoms with Gasteiger partial charge in [0.1, 0.15) is 11.6 Å². The van der Waals surface area contributed by atoms with E-state index in [1.54, 1.807) is 6.07 Å². The molecule has 0 unspecified atom stereocenters. The number of hydrogen-bond donors (Lipinski definition) is 3. The minimum absolute atomic E-state index is 0.00188. The van der Waals surface area contributed by atoms with Crippen molar-refractivity contribution in [1.82, 2.24) is 10.6 Å². The summed E-state index contributed by atoms with van der Waals surface area (Å²) >= 11 is 6.05. The fraction of sp³-hybridized carbons (Fsp3) is 0.158. The summed E-state index contributed by atoms with van der Waals surface area (Å²) in [6.07, 6.45) is 1.41. The highest BCUT2D eigenvalue weighted by Gasteiger charge is 2.09. The van der Waals surface area contributed by atoms with Crippen molar-refractivity contribution in [3.05, 3.63) is 82.0 Å². The van der Waals surface area contributed by atoms with Gasteiger partial charge in [-0.1, -0.05) is 54.1 Å². The number of benzene rings is 2. The molecule has 0 heterocycles. The molecule has 0 aliphatic heterocycles. The molecule has 0 bridgehead atoms. The largest absolute Gasteiger partial charge is 0.386 e. The van der Waals surface area contributed by atoms with Crippen molar-refractivity contribution >= 4 is 17.5 Å². The van der Waals surface area contributed by atoms with Gasteiger partial charge in [-0.05, 0) is 22.8 Å². The Hall–Kier alpha value is -2.81. The average Bonchev–Trinajstić information content (AvgIpc) is 2.64. The molecule has 0 aliphatic carbocycles. The van der Waals surface area contributed by atoms with E-state index in [-0.39, 0.29) is 12.1 Å². The molecule has 0 fully saturated rings. The van der Waals surface area contributed by atoms with Gasteiger partial charge in [0, 0.05) is 30.9 Å². The number of rotatable bonds is 7. The number of carbonyl (C=O) groups excluding carboxylic acids is 1. The van der Waals surface area contributed by atoms with Crippen LogP contribution in [0, 0.1) is 11.3 Å². The zero-order chi connectivity index (χ0) is 18.1. The molecule has 0 aliphatic rings. The lowest BCUT2D eigenvalue weighted by atomic mass is 10.1. The zero-order valence-electron chi connectivity index (χ0n) is 13.6. The Morgan fingerprint density at radius 1 is 1.16 bits per heavy atom. The second kappa shape index (κ2) is 9.48. The van der Waals surface area contributed by atoms with Gasteiger partial charge in [-0.15, -0.1) is 0 Å². The quantitative estimate of drug-likeness (QED) is 0.526. The van der Waals surface area contributed by atoms with E-state index in [0.717, 1.165) is 16.7 Å². The summed E-state index contributed by atoms with van der Waals surface area (Å²) in [5, 5.41) is 15.4. The van der Waals surface area contributed by atoms with Gasteiger partial charge in [-0.25, -0.2) is 0 Å². The maximum Gasteiger partial charge on any atom is 0.263 e. The van der Waals surface area contributed by atoms with Crippen LogP contribution in [0.1, 0.15) is 16.7 Å². The SMILES string of the molecule is N#C/C(=C/NCc1cccc(CN)c1)C(=O)NCc1ccccc1Cl. The van der Waals surface area contributed by atoms with Crippen molar-refractivity contribution in [2.75, 3.05) is 0 Å². The molecule has 25 heavy (non-hydrogen) atoms. The van der Waals surface area contributed by atoms with Crippen molar-refractivity contribution in [3.63, 3.8) is 0 Å². The Morgan fingerprint density at radius 2 is 1.92 bits per heavy atom. The van der Waals surface area contributed by atoms with Gasteiger partial charge in [0.05, 0.1) is 0 Å². The van der Waals surface area contributed by atoms with E-state index < -0.39 is 5.91 Å². The summed E-state index contributed by atoms with van der Waals surface area (Å²) in [6, 6.07) is 16.9. The summed E-state index contributed by atoms with van der Waals surface area (Å²) in [5.41, 5.74) is 8.46. The maximum absolute atomic E-state index is 12.1. The topological polar surface area (TPSA) is 90.9 Å². The molecule has 0 aromatic heterocycles. The van der Waals surface area contributed by atoms with Crippen LogP contribution in [0.3, 0.4) is 0 Å². The molecule has 5 nitrogen and oxygen atoms in total. The molecule has 1 amide bonds. The lowest BCUT2D eigenvalue weighted by Gasteiger charge is -2.07. The van der Waals surface area contributed by atoms with E-state index in [2.05, 4.69) is 10.6 Å². The molecule has 6 heteroatoms. The molecule has 2 aromatic carbocycles. The number of hydrogen-bond acceptors (Lipinski definition) is 4. The minimum atomic E-state index is -0.453. The molecular formula is C19H19ClN4O. The third kappa shape index (κ3) is 5.64. The monoisotopic (exact) mass is 354 g/mol. The third-order valence-corrected chi connectivity index (χ3v) is 3.91. The van der Waals surface area contributed by atoms with Crippen molar-refractivity contribution < 1.29 is 4.79 Å². The van der Waals surface area contributed by atoms with E-state index in [0.29, 0.717) is 18.1 Å². The molecule has 2 rings (SSSR count). The van der Waals surface area contributed by atoms with Crippen LogP contribution in [0.25, 0.3) is 0 Å². The van der Waals surface area contributed by atoms with Gasteiger partial charge in [0.25, 0.3) is 5.91 Å². The maximum atomic E-state index is 12.1. The van der Waals surface area contributed by atoms with E-state index in [1.807, 2.05) is 48.5 Å². The highest BCUT2D eigenvalue weighted by atomic mass is 35.5. The predicted octanol–water partition coefficient (Wildman–Crippen LogP) is 2.61. The van der Waals surface area contributed by atoms with Crippen LogP contribution < -0.4 is 16.4 Å². The van der Waals surface area contributed by atoms with Gasteiger partial charge in [-0.2, -0.15) is 5.26 Å². The second-order valence-corrected chi connectivity index (χ2v) is 5.76. The second-order valence-electron chi connectivity index (χ2n) is 5.35. The summed E-state index contributed by atoms with van der Waals surface area (Å²) in [4.78, 5) is 12.1. The number of nitrogens with one attached hydrogen (secondary N) is 2. The van der Waals surface area contributed by atoms with Gasteiger partial charge in [0.15, 0.2) is 0 Å². The minimum Gasteiger partial charge on any atom is -0.386 e. The van der Waals surface area contributed by atoms with Gasteiger partial charge < -0.3 is 16.4 Å². The van der Waals surface area contributed by atoms with E-state index in [9.17, 15) is 4.79 Å². The van der Waals surface area contributed by atoms with Gasteiger partial charge in [-0.3, -0.25) is 4.79 Å². The molecular weight excluding hydrogens is 336 g/mol. The normalized spacial score (nSPS) is 10.8. The first kappa shape index (κ1) is 18.5. The number of nitriles is 1. The molecule has 0 saturated heterocycles. The summed E-state index contributed by atoms with van der Waals surface area (Å²) in [7, 11) is 0. The molecule has 0 saturated carbocycles. The number of nitrogens with zero attached hydrogens (tertiary/aromatic N) is 1. The standard InChI is InChI=1S/C19H19ClN4O/c20-18-7-2-1-6-16(18)13-24-19(25)17(10-22)12-23-11-15-5-3-4-14(8-15)9-21/h1-8,12,23H,9,11,13,21H2,(H,24,25)/b17-12-. The summed E-state index contributed by atoms with van der Waals surface area (Å²) in [5.74, 6) is -0.453. The Balaban J connectivity index is 1.91. The Labute approximate surface area is 152 Å². The lowest BCUT2D eigenvalue weighted by molar-refractivity contribution is -0.117. The third-order valence-electron chi connectivity index (χ3n) is 3.54. The highest BCUT2D eigenvalue weighted by molar-refractivity contribution is 6.31. The van der Waals surface area contributed by atoms with E-state index in [1.165, 1.54) is 6.20 Å². The lowest BCUT2D eigenvalue weighted by Crippen LogP contribution is -2.25. The van der Waals surface area contributed by atoms with E-state index in [4.69, 9.17) is 22.6 Å². The van der Waals surface area contributed by atoms with Gasteiger partial charge >= 0.3 is 0 Å². The van der Waals surface area contributed by atoms with Crippen LogP contribution in [0.2, 0.25) is 5.02 Å². The average molecular weight is 355 g/mol. The summed E-state index contributed by atoms with van der Waals surface area (Å²) < 4.78 is 0. The fourth-order valence-electron chi connectivity index (χ4n) is 2.20. The first-order valence-electron chi connectivity index (χ1n) is 7.77. The molecule has 2 aromatic rings. The Morgan fingerprint density at radius 3 is 2.64 bits per heavy atom. The smallest absolute Gasteiger partial charge is 0.263 e. The number of amides is 1. The Bertz CT molecular complexity index is 811. The van der Waals surface area contributed by atoms with Crippen LogP contribution in [-0.4, -0.2) is 5.91 Å². The van der Waals surface area contributed by atoms with Gasteiger partial charge in [0.2, 0.25) is 0 Å². The van der Waals surface area contributed by atoms with Crippen LogP contribution >= 0.6 is 11.6 Å². The molecule has 4 N–H and O–H groups in total. The number of halogens is 1. The van der Waals surface area contributed by atoms with Crippen molar-refractivity contribution in [2.24, 2.45) is 5.73 Å². The molecule has 0 spiro atoms. The summed E-state index contributed by atoms with van der Waals surface area (Å²) in [6.45, 7) is 1.23. The van der Waals surface area contributed by atoms with Crippen LogP contribution in [0.15, 0.2) is 60.3 Å². The first-order chi connectivity index (χ1) is 12.1. The molecule has 0 atom stereocenters. The molecule has 0 radical (unpaired) electrons. The zero-order valence-corrected chi connectivity index (χ0v) is 14.4. The van der Waals surface area contributed by atoms with Crippen LogP contribution in [-0.2, 0) is 24.4 Å². The van der Waals surface area contributed by atoms with Crippen molar-refractivity contribution in [2.45, 2.75) is 19.6 Å². The predicted molar refractivity (Wildman–Crippen MR) is 98.2 cm³/mol. The van der Waals surface area contributed by atoms with Crippen molar-refractivity contribution in [1.29, 1.82) is 5.26 Å². The Kier molecular flexibility index (Phi) is 7.02. The van der Waals surface area contributed by atoms with Crippen LogP contribution in [0.4, 0.5) is 0 Å².